The van der Waals surface area contributed by atoms with Gasteiger partial charge in [-0.25, -0.2) is 15.0 Å². The van der Waals surface area contributed by atoms with Crippen molar-refractivity contribution in [3.63, 3.8) is 0 Å². The lowest BCUT2D eigenvalue weighted by atomic mass is 10.0. The molecular weight excluding hydrogens is 478 g/mol. The van der Waals surface area contributed by atoms with Crippen LogP contribution in [0.5, 0.6) is 0 Å². The molecule has 4 nitrogen and oxygen atoms in total. The summed E-state index contributed by atoms with van der Waals surface area (Å²) in [6.07, 6.45) is 0. The van der Waals surface area contributed by atoms with Crippen molar-refractivity contribution in [2.24, 2.45) is 0 Å². The zero-order valence-electron chi connectivity index (χ0n) is 21.0. The lowest BCUT2D eigenvalue weighted by Gasteiger charge is -2.10. The van der Waals surface area contributed by atoms with Crippen LogP contribution < -0.4 is 0 Å². The maximum absolute atomic E-state index is 6.02. The van der Waals surface area contributed by atoms with E-state index < -0.39 is 0 Å². The van der Waals surface area contributed by atoms with Gasteiger partial charge in [-0.05, 0) is 47.5 Å². The van der Waals surface area contributed by atoms with E-state index in [-0.39, 0.29) is 0 Å². The average Bonchev–Trinajstić information content (AvgIpc) is 3.46. The molecule has 0 unspecified atom stereocenters. The highest BCUT2D eigenvalue weighted by Gasteiger charge is 2.13. The Morgan fingerprint density at radius 3 is 1.67 bits per heavy atom. The van der Waals surface area contributed by atoms with Crippen LogP contribution in [0.25, 0.3) is 67.6 Å². The second-order valence-corrected chi connectivity index (χ2v) is 9.34. The van der Waals surface area contributed by atoms with Crippen molar-refractivity contribution in [3.05, 3.63) is 140 Å². The molecule has 184 valence electrons. The molecule has 0 saturated heterocycles. The van der Waals surface area contributed by atoms with Crippen LogP contribution in [0.15, 0.2) is 144 Å². The zero-order chi connectivity index (χ0) is 26.0. The van der Waals surface area contributed by atoms with Crippen LogP contribution in [0.3, 0.4) is 0 Å². The van der Waals surface area contributed by atoms with Gasteiger partial charge in [0.1, 0.15) is 5.52 Å². The number of hydrogen-bond acceptors (Lipinski definition) is 4. The first-order valence-electron chi connectivity index (χ1n) is 12.9. The zero-order valence-corrected chi connectivity index (χ0v) is 21.0. The quantitative estimate of drug-likeness (QED) is 0.236. The Morgan fingerprint density at radius 2 is 0.949 bits per heavy atom. The number of rotatable bonds is 5. The molecule has 2 aromatic heterocycles. The molecule has 7 rings (SSSR count). The molecule has 0 amide bonds. The largest absolute Gasteiger partial charge is 0.436 e. The van der Waals surface area contributed by atoms with Crippen LogP contribution in [0.2, 0.25) is 0 Å². The van der Waals surface area contributed by atoms with E-state index in [2.05, 4.69) is 54.6 Å². The lowest BCUT2D eigenvalue weighted by molar-refractivity contribution is 0.620. The molecule has 0 N–H and O–H groups in total. The molecule has 0 atom stereocenters. The van der Waals surface area contributed by atoms with Crippen molar-refractivity contribution in [2.45, 2.75) is 0 Å². The van der Waals surface area contributed by atoms with E-state index in [1.807, 2.05) is 84.9 Å². The van der Waals surface area contributed by atoms with E-state index in [4.69, 9.17) is 19.4 Å². The first kappa shape index (κ1) is 22.8. The van der Waals surface area contributed by atoms with E-state index in [1.54, 1.807) is 0 Å². The molecule has 39 heavy (non-hydrogen) atoms. The molecule has 0 aliphatic rings. The summed E-state index contributed by atoms with van der Waals surface area (Å²) in [6.45, 7) is 0. The van der Waals surface area contributed by atoms with Crippen LogP contribution in [0.1, 0.15) is 0 Å². The third-order valence-electron chi connectivity index (χ3n) is 6.73. The van der Waals surface area contributed by atoms with Crippen molar-refractivity contribution in [2.75, 3.05) is 0 Å². The Kier molecular flexibility index (Phi) is 5.76. The van der Waals surface area contributed by atoms with Crippen molar-refractivity contribution in [1.29, 1.82) is 0 Å². The number of fused-ring (bicyclic) bond motifs is 1. The number of aromatic nitrogens is 3. The normalized spacial score (nSPS) is 11.1. The number of nitrogens with zero attached hydrogens (tertiary/aromatic N) is 3. The van der Waals surface area contributed by atoms with Gasteiger partial charge in [0.2, 0.25) is 5.89 Å². The van der Waals surface area contributed by atoms with Gasteiger partial charge in [-0.15, -0.1) is 0 Å². The topological polar surface area (TPSA) is 51.8 Å². The molecule has 0 fully saturated rings. The molecule has 4 heteroatoms. The molecule has 2 heterocycles. The fourth-order valence-electron chi connectivity index (χ4n) is 4.74. The fourth-order valence-corrected chi connectivity index (χ4v) is 4.74. The average molecular weight is 502 g/mol. The third-order valence-corrected chi connectivity index (χ3v) is 6.73. The minimum absolute atomic E-state index is 0.624. The Balaban J connectivity index is 1.31. The highest BCUT2D eigenvalue weighted by Crippen LogP contribution is 2.32. The third kappa shape index (κ3) is 4.60. The SMILES string of the molecule is c1ccc(-c2cc(-c3cccc(-c4ccc5oc(-c6ccccc6)nc5c4)c3)nc(-c3ccccc3)n2)cc1. The Morgan fingerprint density at radius 1 is 0.385 bits per heavy atom. The minimum atomic E-state index is 0.624. The molecule has 0 radical (unpaired) electrons. The smallest absolute Gasteiger partial charge is 0.227 e. The Bertz CT molecular complexity index is 1840. The molecule has 7 aromatic rings. The predicted octanol–water partition coefficient (Wildman–Crippen LogP) is 8.95. The van der Waals surface area contributed by atoms with Crippen LogP contribution in [0, 0.1) is 0 Å². The predicted molar refractivity (Wildman–Crippen MR) is 157 cm³/mol. The van der Waals surface area contributed by atoms with E-state index in [9.17, 15) is 0 Å². The molecule has 0 saturated carbocycles. The van der Waals surface area contributed by atoms with Crippen LogP contribution >= 0.6 is 0 Å². The van der Waals surface area contributed by atoms with Crippen LogP contribution in [-0.4, -0.2) is 15.0 Å². The van der Waals surface area contributed by atoms with Gasteiger partial charge in [0.15, 0.2) is 11.4 Å². The molecule has 0 aliphatic carbocycles. The van der Waals surface area contributed by atoms with E-state index >= 15 is 0 Å². The van der Waals surface area contributed by atoms with Crippen LogP contribution in [-0.2, 0) is 0 Å². The fraction of sp³-hybridized carbons (Fsp3) is 0. The van der Waals surface area contributed by atoms with Crippen LogP contribution in [0.4, 0.5) is 0 Å². The van der Waals surface area contributed by atoms with Gasteiger partial charge in [0.25, 0.3) is 0 Å². The number of oxazole rings is 1. The maximum Gasteiger partial charge on any atom is 0.227 e. The van der Waals surface area contributed by atoms with E-state index in [0.29, 0.717) is 11.7 Å². The molecular formula is C35H23N3O. The Labute approximate surface area is 226 Å². The molecule has 0 aliphatic heterocycles. The highest BCUT2D eigenvalue weighted by molar-refractivity contribution is 5.84. The summed E-state index contributed by atoms with van der Waals surface area (Å²) in [5, 5.41) is 0. The van der Waals surface area contributed by atoms with Crippen molar-refractivity contribution in [1.82, 2.24) is 15.0 Å². The van der Waals surface area contributed by atoms with E-state index in [0.717, 1.165) is 55.9 Å². The first-order chi connectivity index (χ1) is 19.3. The second kappa shape index (κ2) is 9.84. The maximum atomic E-state index is 6.02. The van der Waals surface area contributed by atoms with Gasteiger partial charge in [-0.3, -0.25) is 0 Å². The van der Waals surface area contributed by atoms with Gasteiger partial charge in [0, 0.05) is 22.3 Å². The van der Waals surface area contributed by atoms with Gasteiger partial charge in [-0.1, -0.05) is 103 Å². The molecule has 5 aromatic carbocycles. The van der Waals surface area contributed by atoms with Gasteiger partial charge < -0.3 is 4.42 Å². The first-order valence-corrected chi connectivity index (χ1v) is 12.9. The monoisotopic (exact) mass is 501 g/mol. The van der Waals surface area contributed by atoms with Crippen molar-refractivity contribution < 1.29 is 4.42 Å². The number of benzene rings is 5. The summed E-state index contributed by atoms with van der Waals surface area (Å²) in [6, 6.07) is 47.0. The standard InChI is InChI=1S/C35H23N3O/c1-4-11-24(12-5-1)30-23-31(37-34(36-30)25-13-6-2-7-14-25)29-18-10-17-27(21-29)28-19-20-33-32(22-28)38-35(39-33)26-15-8-3-9-16-26/h1-23H. The number of hydrogen-bond donors (Lipinski definition) is 0. The molecule has 0 bridgehead atoms. The summed E-state index contributed by atoms with van der Waals surface area (Å²) in [4.78, 5) is 14.6. The summed E-state index contributed by atoms with van der Waals surface area (Å²) in [5.41, 5.74) is 9.54. The second-order valence-electron chi connectivity index (χ2n) is 9.34. The summed E-state index contributed by atoms with van der Waals surface area (Å²) in [7, 11) is 0. The molecule has 0 spiro atoms. The lowest BCUT2D eigenvalue weighted by Crippen LogP contribution is -1.96. The Hall–Kier alpha value is -5.35. The summed E-state index contributed by atoms with van der Waals surface area (Å²) in [5.74, 6) is 1.33. The highest BCUT2D eigenvalue weighted by atomic mass is 16.3. The van der Waals surface area contributed by atoms with Crippen molar-refractivity contribution in [3.8, 4) is 56.5 Å². The van der Waals surface area contributed by atoms with Crippen molar-refractivity contribution >= 4 is 11.1 Å². The van der Waals surface area contributed by atoms with Gasteiger partial charge >= 0.3 is 0 Å². The van der Waals surface area contributed by atoms with Gasteiger partial charge in [0.05, 0.1) is 11.4 Å². The minimum Gasteiger partial charge on any atom is -0.436 e. The van der Waals surface area contributed by atoms with E-state index in [1.165, 1.54) is 0 Å². The summed E-state index contributed by atoms with van der Waals surface area (Å²) < 4.78 is 6.02. The van der Waals surface area contributed by atoms with Gasteiger partial charge in [-0.2, -0.15) is 0 Å². The summed E-state index contributed by atoms with van der Waals surface area (Å²) >= 11 is 0.